The van der Waals surface area contributed by atoms with Gasteiger partial charge in [-0.1, -0.05) is 18.2 Å². The molecule has 1 unspecified atom stereocenters. The lowest BCUT2D eigenvalue weighted by Crippen LogP contribution is -2.31. The number of aldehydes is 1. The molecule has 1 aromatic carbocycles. The lowest BCUT2D eigenvalue weighted by molar-refractivity contribution is 0.112. The molecule has 2 rings (SSSR count). The van der Waals surface area contributed by atoms with Crippen molar-refractivity contribution < 1.29 is 4.79 Å². The molecule has 0 aliphatic heterocycles. The third kappa shape index (κ3) is 2.79. The maximum absolute atomic E-state index is 11.4. The predicted molar refractivity (Wildman–Crippen MR) is 81.8 cm³/mol. The zero-order valence-corrected chi connectivity index (χ0v) is 12.4. The van der Waals surface area contributed by atoms with Crippen molar-refractivity contribution in [3.05, 3.63) is 41.6 Å². The molecule has 0 spiro atoms. The van der Waals surface area contributed by atoms with Crippen LogP contribution in [0.3, 0.4) is 0 Å². The molecule has 0 saturated carbocycles. The highest BCUT2D eigenvalue weighted by Crippen LogP contribution is 2.27. The summed E-state index contributed by atoms with van der Waals surface area (Å²) in [4.78, 5) is 13.4. The van der Waals surface area contributed by atoms with Gasteiger partial charge in [0.15, 0.2) is 6.29 Å². The molecular formula is C16H18N4O. The van der Waals surface area contributed by atoms with Crippen LogP contribution in [0.1, 0.15) is 29.4 Å². The number of benzene rings is 1. The molecule has 0 aliphatic rings. The smallest absolute Gasteiger partial charge is 0.155 e. The van der Waals surface area contributed by atoms with Crippen LogP contribution in [-0.2, 0) is 0 Å². The minimum absolute atomic E-state index is 0.00716. The van der Waals surface area contributed by atoms with Gasteiger partial charge < -0.3 is 4.90 Å². The molecule has 1 heterocycles. The topological polar surface area (TPSA) is 61.9 Å². The van der Waals surface area contributed by atoms with Crippen molar-refractivity contribution in [1.29, 1.82) is 5.26 Å². The number of carbonyl (C=O) groups excluding carboxylic acids is 1. The highest BCUT2D eigenvalue weighted by Gasteiger charge is 2.22. The Morgan fingerprint density at radius 1 is 1.43 bits per heavy atom. The molecule has 0 fully saturated rings. The maximum atomic E-state index is 11.4. The van der Waals surface area contributed by atoms with Crippen LogP contribution in [0.2, 0.25) is 0 Å². The van der Waals surface area contributed by atoms with Gasteiger partial charge in [0.2, 0.25) is 0 Å². The Morgan fingerprint density at radius 3 is 2.67 bits per heavy atom. The van der Waals surface area contributed by atoms with E-state index in [9.17, 15) is 4.79 Å². The minimum atomic E-state index is -0.00716. The maximum Gasteiger partial charge on any atom is 0.155 e. The number of aryl methyl sites for hydroxylation is 1. The van der Waals surface area contributed by atoms with E-state index in [2.05, 4.69) is 11.2 Å². The minimum Gasteiger partial charge on any atom is -0.355 e. The summed E-state index contributed by atoms with van der Waals surface area (Å²) in [5, 5.41) is 13.4. The van der Waals surface area contributed by atoms with Crippen molar-refractivity contribution in [2.24, 2.45) is 0 Å². The Bertz CT molecular complexity index is 670. The van der Waals surface area contributed by atoms with Gasteiger partial charge in [-0.3, -0.25) is 4.79 Å². The largest absolute Gasteiger partial charge is 0.355 e. The molecule has 0 radical (unpaired) electrons. The summed E-state index contributed by atoms with van der Waals surface area (Å²) in [5.41, 5.74) is 2.13. The summed E-state index contributed by atoms with van der Waals surface area (Å²) < 4.78 is 1.76. The van der Waals surface area contributed by atoms with Crippen molar-refractivity contribution in [1.82, 2.24) is 9.78 Å². The van der Waals surface area contributed by atoms with Crippen LogP contribution in [-0.4, -0.2) is 29.2 Å². The fourth-order valence-corrected chi connectivity index (χ4v) is 2.23. The van der Waals surface area contributed by atoms with Crippen LogP contribution < -0.4 is 4.90 Å². The van der Waals surface area contributed by atoms with Crippen molar-refractivity contribution in [3.63, 3.8) is 0 Å². The van der Waals surface area contributed by atoms with E-state index in [1.165, 1.54) is 0 Å². The third-order valence-electron chi connectivity index (χ3n) is 3.58. The average molecular weight is 282 g/mol. The molecule has 2 aromatic rings. The van der Waals surface area contributed by atoms with E-state index in [1.54, 1.807) is 4.68 Å². The highest BCUT2D eigenvalue weighted by atomic mass is 16.1. The first-order chi connectivity index (χ1) is 10.1. The zero-order valence-electron chi connectivity index (χ0n) is 12.4. The van der Waals surface area contributed by atoms with Crippen molar-refractivity contribution in [3.8, 4) is 11.8 Å². The number of aromatic nitrogens is 2. The SMILES string of the molecule is Cc1nn(-c2ccccc2)c(N(C)C(C)CC#N)c1C=O. The number of hydrogen-bond acceptors (Lipinski definition) is 4. The first kappa shape index (κ1) is 14.8. The van der Waals surface area contributed by atoms with Gasteiger partial charge in [-0.05, 0) is 26.0 Å². The van der Waals surface area contributed by atoms with E-state index < -0.39 is 0 Å². The van der Waals surface area contributed by atoms with E-state index in [4.69, 9.17) is 5.26 Å². The molecule has 0 N–H and O–H groups in total. The number of carbonyl (C=O) groups is 1. The second kappa shape index (κ2) is 6.23. The van der Waals surface area contributed by atoms with Crippen LogP contribution >= 0.6 is 0 Å². The Labute approximate surface area is 124 Å². The monoisotopic (exact) mass is 282 g/mol. The van der Waals surface area contributed by atoms with Crippen LogP contribution in [0, 0.1) is 18.3 Å². The number of anilines is 1. The molecule has 5 nitrogen and oxygen atoms in total. The second-order valence-electron chi connectivity index (χ2n) is 5.01. The van der Waals surface area contributed by atoms with Crippen molar-refractivity contribution in [2.45, 2.75) is 26.3 Å². The molecule has 0 amide bonds. The molecule has 1 aromatic heterocycles. The van der Waals surface area contributed by atoms with Crippen LogP contribution in [0.15, 0.2) is 30.3 Å². The molecule has 21 heavy (non-hydrogen) atoms. The lowest BCUT2D eigenvalue weighted by atomic mass is 10.2. The normalized spacial score (nSPS) is 11.7. The van der Waals surface area contributed by atoms with E-state index in [-0.39, 0.29) is 6.04 Å². The van der Waals surface area contributed by atoms with Gasteiger partial charge in [-0.2, -0.15) is 10.4 Å². The van der Waals surface area contributed by atoms with Crippen LogP contribution in [0.4, 0.5) is 5.82 Å². The average Bonchev–Trinajstić information content (AvgIpc) is 2.84. The summed E-state index contributed by atoms with van der Waals surface area (Å²) >= 11 is 0. The Balaban J connectivity index is 2.57. The van der Waals surface area contributed by atoms with E-state index in [0.717, 1.165) is 17.8 Å². The summed E-state index contributed by atoms with van der Waals surface area (Å²) in [7, 11) is 1.88. The number of nitriles is 1. The fourth-order valence-electron chi connectivity index (χ4n) is 2.23. The highest BCUT2D eigenvalue weighted by molar-refractivity contribution is 5.85. The van der Waals surface area contributed by atoms with Gasteiger partial charge in [0.05, 0.1) is 29.4 Å². The molecule has 1 atom stereocenters. The van der Waals surface area contributed by atoms with Crippen molar-refractivity contribution in [2.75, 3.05) is 11.9 Å². The number of para-hydroxylation sites is 1. The van der Waals surface area contributed by atoms with Gasteiger partial charge >= 0.3 is 0 Å². The summed E-state index contributed by atoms with van der Waals surface area (Å²) in [6.07, 6.45) is 1.21. The second-order valence-corrected chi connectivity index (χ2v) is 5.01. The molecule has 0 aliphatic carbocycles. The molecule has 0 bridgehead atoms. The van der Waals surface area contributed by atoms with Gasteiger partial charge in [0, 0.05) is 13.1 Å². The van der Waals surface area contributed by atoms with Crippen molar-refractivity contribution >= 4 is 12.1 Å². The molecule has 0 saturated heterocycles. The zero-order chi connectivity index (χ0) is 15.4. The first-order valence-corrected chi connectivity index (χ1v) is 6.80. The van der Waals surface area contributed by atoms with E-state index >= 15 is 0 Å². The fraction of sp³-hybridized carbons (Fsp3) is 0.312. The Kier molecular flexibility index (Phi) is 4.39. The van der Waals surface area contributed by atoms with Crippen LogP contribution in [0.5, 0.6) is 0 Å². The van der Waals surface area contributed by atoms with E-state index in [1.807, 2.05) is 56.1 Å². The third-order valence-corrected chi connectivity index (χ3v) is 3.58. The van der Waals surface area contributed by atoms with Gasteiger partial charge in [-0.15, -0.1) is 0 Å². The molecule has 5 heteroatoms. The predicted octanol–water partition coefficient (Wildman–Crippen LogP) is 2.73. The quantitative estimate of drug-likeness (QED) is 0.791. The van der Waals surface area contributed by atoms with Crippen LogP contribution in [0.25, 0.3) is 5.69 Å². The lowest BCUT2D eigenvalue weighted by Gasteiger charge is -2.26. The Hall–Kier alpha value is -2.61. The van der Waals surface area contributed by atoms with Gasteiger partial charge in [0.25, 0.3) is 0 Å². The summed E-state index contributed by atoms with van der Waals surface area (Å²) in [6.45, 7) is 3.77. The summed E-state index contributed by atoms with van der Waals surface area (Å²) in [5.74, 6) is 0.719. The number of rotatable bonds is 5. The standard InChI is InChI=1S/C16H18N4O/c1-12(9-10-17)19(3)16-15(11-21)13(2)18-20(16)14-7-5-4-6-8-14/h4-8,11-12H,9H2,1-3H3. The Morgan fingerprint density at radius 2 is 2.10 bits per heavy atom. The molecule has 108 valence electrons. The number of hydrogen-bond donors (Lipinski definition) is 0. The van der Waals surface area contributed by atoms with E-state index in [0.29, 0.717) is 17.7 Å². The number of nitrogens with zero attached hydrogens (tertiary/aromatic N) is 4. The van der Waals surface area contributed by atoms with Gasteiger partial charge in [0.1, 0.15) is 5.82 Å². The molecular weight excluding hydrogens is 264 g/mol. The first-order valence-electron chi connectivity index (χ1n) is 6.80. The van der Waals surface area contributed by atoms with Gasteiger partial charge in [-0.25, -0.2) is 4.68 Å². The summed E-state index contributed by atoms with van der Waals surface area (Å²) in [6, 6.07) is 11.8.